The molecule has 48 heavy (non-hydrogen) atoms. The molecule has 0 amide bonds. The van der Waals surface area contributed by atoms with Crippen molar-refractivity contribution in [3.63, 3.8) is 0 Å². The first-order valence-corrected chi connectivity index (χ1v) is 19.1. The first kappa shape index (κ1) is 39.8. The van der Waals surface area contributed by atoms with Crippen molar-refractivity contribution < 1.29 is 0 Å². The number of nitrogens with one attached hydrogen (secondary N) is 1. The van der Waals surface area contributed by atoms with E-state index in [2.05, 4.69) is 92.5 Å². The van der Waals surface area contributed by atoms with E-state index in [1.807, 2.05) is 53.8 Å². The second-order valence-corrected chi connectivity index (χ2v) is 13.1. The van der Waals surface area contributed by atoms with Gasteiger partial charge in [-0.05, 0) is 109 Å². The van der Waals surface area contributed by atoms with Crippen molar-refractivity contribution in [3.05, 3.63) is 92.4 Å². The Bertz CT molecular complexity index is 1490. The molecule has 2 aromatic carbocycles. The number of hydrogen-bond donors (Lipinski definition) is 1. The lowest BCUT2D eigenvalue weighted by atomic mass is 9.87. The number of halogens is 2. The van der Waals surface area contributed by atoms with Crippen molar-refractivity contribution in [1.29, 1.82) is 0 Å². The summed E-state index contributed by atoms with van der Waals surface area (Å²) in [6.45, 7) is 18.5. The second kappa shape index (κ2) is 20.8. The molecule has 1 unspecified atom stereocenters. The van der Waals surface area contributed by atoms with Gasteiger partial charge in [0.05, 0.1) is 23.8 Å². The fourth-order valence-corrected chi connectivity index (χ4v) is 6.87. The number of para-hydroxylation sites is 1. The summed E-state index contributed by atoms with van der Waals surface area (Å²) >= 11 is 10.1. The zero-order valence-electron chi connectivity index (χ0n) is 30.5. The Morgan fingerprint density at radius 1 is 0.896 bits per heavy atom. The molecule has 1 saturated heterocycles. The second-order valence-electron chi connectivity index (χ2n) is 11.7. The molecule has 2 aromatic heterocycles. The number of hydrogen-bond acceptors (Lipinski definition) is 7. The molecule has 1 N–H and O–H groups in total. The first-order valence-electron chi connectivity index (χ1n) is 18.0. The van der Waals surface area contributed by atoms with Crippen LogP contribution in [0.3, 0.4) is 0 Å². The molecule has 7 nitrogen and oxygen atoms in total. The average molecular weight is 739 g/mol. The van der Waals surface area contributed by atoms with Gasteiger partial charge in [0.25, 0.3) is 0 Å². The molecule has 0 saturated carbocycles. The van der Waals surface area contributed by atoms with Crippen LogP contribution in [0.15, 0.2) is 59.2 Å². The molecule has 9 heteroatoms. The largest absolute Gasteiger partial charge is 0.369 e. The smallest absolute Gasteiger partial charge is 0.145 e. The number of fused-ring (bicyclic) bond motifs is 3. The minimum atomic E-state index is 0.123. The summed E-state index contributed by atoms with van der Waals surface area (Å²) in [4.78, 5) is 22.3. The maximum absolute atomic E-state index is 6.46. The topological polar surface area (TPSA) is 60.4 Å². The quantitative estimate of drug-likeness (QED) is 0.181. The van der Waals surface area contributed by atoms with E-state index in [4.69, 9.17) is 26.6 Å². The van der Waals surface area contributed by atoms with Crippen molar-refractivity contribution in [1.82, 2.24) is 29.7 Å². The van der Waals surface area contributed by atoms with Gasteiger partial charge in [0.2, 0.25) is 0 Å². The van der Waals surface area contributed by atoms with E-state index in [0.717, 1.165) is 104 Å². The Balaban J connectivity index is 0.000000987. The van der Waals surface area contributed by atoms with E-state index in [0.29, 0.717) is 0 Å². The number of piperazine rings is 1. The van der Waals surface area contributed by atoms with Crippen LogP contribution in [0.5, 0.6) is 0 Å². The summed E-state index contributed by atoms with van der Waals surface area (Å²) in [5.74, 6) is 1.81. The highest BCUT2D eigenvalue weighted by Crippen LogP contribution is 2.37. The van der Waals surface area contributed by atoms with Crippen LogP contribution >= 0.6 is 27.5 Å². The molecule has 1 atom stereocenters. The average Bonchev–Trinajstić information content (AvgIpc) is 3.11. The van der Waals surface area contributed by atoms with Crippen LogP contribution in [-0.4, -0.2) is 83.0 Å². The molecule has 0 radical (unpaired) electrons. The van der Waals surface area contributed by atoms with Gasteiger partial charge in [-0.2, -0.15) is 0 Å². The molecular weight excluding hydrogens is 682 g/mol. The SMILES string of the molecule is CC.CC.CC.CN(C)CCCNc1nc(CN2CCN(C3c4ccc(Cl)cc4CCCc4cc(Br)cnc43)CC2)nc2ccccc12. The van der Waals surface area contributed by atoms with Crippen LogP contribution in [0.4, 0.5) is 5.82 Å². The monoisotopic (exact) mass is 737 g/mol. The normalized spacial score (nSPS) is 16.1. The zero-order chi connectivity index (χ0) is 35.1. The molecule has 1 aliphatic carbocycles. The minimum Gasteiger partial charge on any atom is -0.369 e. The predicted molar refractivity (Wildman–Crippen MR) is 209 cm³/mol. The summed E-state index contributed by atoms with van der Waals surface area (Å²) in [6, 6.07) is 17.1. The summed E-state index contributed by atoms with van der Waals surface area (Å²) < 4.78 is 1.05. The molecule has 6 rings (SSSR count). The standard InChI is InChI=1S/C33H39BrClN7.3C2H6/c1-40(2)14-6-13-36-33-28-9-3-4-10-29(28)38-30(39-33)22-41-15-17-42(18-16-41)32-27-12-11-26(35)20-23(27)7-5-8-24-19-25(34)21-37-31(24)32;3*1-2/h3-4,9-12,19-21,32H,5-8,13-18,22H2,1-2H3,(H,36,38,39);3*1-2H3. The highest BCUT2D eigenvalue weighted by molar-refractivity contribution is 9.10. The maximum Gasteiger partial charge on any atom is 0.145 e. The van der Waals surface area contributed by atoms with Crippen molar-refractivity contribution >= 4 is 44.3 Å². The number of benzene rings is 2. The molecule has 4 aromatic rings. The van der Waals surface area contributed by atoms with Crippen LogP contribution in [0.25, 0.3) is 10.9 Å². The molecule has 1 fully saturated rings. The van der Waals surface area contributed by atoms with Crippen LogP contribution in [-0.2, 0) is 19.4 Å². The van der Waals surface area contributed by atoms with Crippen LogP contribution in [0.2, 0.25) is 5.02 Å². The van der Waals surface area contributed by atoms with E-state index in [1.165, 1.54) is 22.4 Å². The van der Waals surface area contributed by atoms with Gasteiger partial charge in [-0.1, -0.05) is 71.3 Å². The number of anilines is 1. The Morgan fingerprint density at radius 3 is 2.33 bits per heavy atom. The predicted octanol–water partition coefficient (Wildman–Crippen LogP) is 9.28. The van der Waals surface area contributed by atoms with Gasteiger partial charge < -0.3 is 10.2 Å². The van der Waals surface area contributed by atoms with Gasteiger partial charge in [0.1, 0.15) is 11.6 Å². The molecule has 1 aliphatic heterocycles. The highest BCUT2D eigenvalue weighted by Gasteiger charge is 2.32. The lowest BCUT2D eigenvalue weighted by molar-refractivity contribution is 0.101. The van der Waals surface area contributed by atoms with Crippen LogP contribution in [0, 0.1) is 0 Å². The van der Waals surface area contributed by atoms with Gasteiger partial charge in [-0.25, -0.2) is 9.97 Å². The summed E-state index contributed by atoms with van der Waals surface area (Å²) in [6.07, 6.45) is 6.16. The summed E-state index contributed by atoms with van der Waals surface area (Å²) in [7, 11) is 4.22. The molecule has 262 valence electrons. The number of nitrogens with zero attached hydrogens (tertiary/aromatic N) is 6. The fraction of sp³-hybridized carbons (Fsp3) is 0.513. The van der Waals surface area contributed by atoms with Crippen LogP contribution in [0.1, 0.15) is 88.6 Å². The minimum absolute atomic E-state index is 0.123. The molecule has 3 heterocycles. The van der Waals surface area contributed by atoms with Gasteiger partial charge in [-0.15, -0.1) is 0 Å². The van der Waals surface area contributed by atoms with Crippen molar-refractivity contribution in [2.24, 2.45) is 0 Å². The van der Waals surface area contributed by atoms with Crippen molar-refractivity contribution in [2.45, 2.75) is 79.8 Å². The van der Waals surface area contributed by atoms with E-state index in [1.54, 1.807) is 0 Å². The first-order chi connectivity index (χ1) is 23.4. The Hall–Kier alpha value is -2.62. The number of rotatable bonds is 8. The van der Waals surface area contributed by atoms with Gasteiger partial charge >= 0.3 is 0 Å². The van der Waals surface area contributed by atoms with E-state index in [9.17, 15) is 0 Å². The lowest BCUT2D eigenvalue weighted by Crippen LogP contribution is -2.48. The number of aromatic nitrogens is 3. The third kappa shape index (κ3) is 10.7. The Kier molecular flexibility index (Phi) is 17.2. The van der Waals surface area contributed by atoms with E-state index in [-0.39, 0.29) is 6.04 Å². The number of aryl methyl sites for hydroxylation is 2. The van der Waals surface area contributed by atoms with Crippen molar-refractivity contribution in [2.75, 3.05) is 58.7 Å². The third-order valence-electron chi connectivity index (χ3n) is 8.38. The third-order valence-corrected chi connectivity index (χ3v) is 9.05. The maximum atomic E-state index is 6.46. The van der Waals surface area contributed by atoms with E-state index >= 15 is 0 Å². The molecule has 0 bridgehead atoms. The molecule has 0 spiro atoms. The molecule has 2 aliphatic rings. The van der Waals surface area contributed by atoms with Crippen LogP contribution < -0.4 is 5.32 Å². The fourth-order valence-electron chi connectivity index (χ4n) is 6.29. The van der Waals surface area contributed by atoms with Crippen molar-refractivity contribution in [3.8, 4) is 0 Å². The Morgan fingerprint density at radius 2 is 1.60 bits per heavy atom. The zero-order valence-corrected chi connectivity index (χ0v) is 32.8. The van der Waals surface area contributed by atoms with Gasteiger partial charge in [-0.3, -0.25) is 14.8 Å². The summed E-state index contributed by atoms with van der Waals surface area (Å²) in [5.41, 5.74) is 6.20. The lowest BCUT2D eigenvalue weighted by Gasteiger charge is -2.40. The number of pyridine rings is 1. The van der Waals surface area contributed by atoms with E-state index < -0.39 is 0 Å². The van der Waals surface area contributed by atoms with Gasteiger partial charge in [0, 0.05) is 53.8 Å². The molecular formula is C39H57BrClN7. The highest BCUT2D eigenvalue weighted by atomic mass is 79.9. The Labute approximate surface area is 303 Å². The van der Waals surface area contributed by atoms with Gasteiger partial charge in [0.15, 0.2) is 0 Å². The summed E-state index contributed by atoms with van der Waals surface area (Å²) in [5, 5.41) is 5.47.